The second-order valence-electron chi connectivity index (χ2n) is 7.32. The highest BCUT2D eigenvalue weighted by atomic mass is 32.2. The molecule has 6 nitrogen and oxygen atoms in total. The van der Waals surface area contributed by atoms with Gasteiger partial charge in [0, 0.05) is 29.0 Å². The third-order valence-electron chi connectivity index (χ3n) is 4.49. The van der Waals surface area contributed by atoms with Gasteiger partial charge in [-0.3, -0.25) is 14.5 Å². The number of hydrogen-bond donors (Lipinski definition) is 2. The first kappa shape index (κ1) is 30.0. The van der Waals surface area contributed by atoms with Crippen molar-refractivity contribution in [3.8, 4) is 11.8 Å². The van der Waals surface area contributed by atoms with Crippen LogP contribution in [0.1, 0.15) is 34.8 Å². The number of nitrogens with zero attached hydrogens (tertiary/aromatic N) is 1. The molecule has 0 aliphatic rings. The molecule has 0 saturated heterocycles. The summed E-state index contributed by atoms with van der Waals surface area (Å²) in [4.78, 5) is 36.3. The molecule has 0 saturated carbocycles. The average molecular weight is 505 g/mol. The van der Waals surface area contributed by atoms with E-state index in [2.05, 4.69) is 36.6 Å². The van der Waals surface area contributed by atoms with Crippen molar-refractivity contribution in [2.75, 3.05) is 25.1 Å². The minimum Gasteiger partial charge on any atom is -0.480 e. The fourth-order valence-corrected chi connectivity index (χ4v) is 3.32. The lowest BCUT2D eigenvalue weighted by molar-refractivity contribution is -0.135. The van der Waals surface area contributed by atoms with E-state index in [4.69, 9.17) is 5.11 Å². The Morgan fingerprint density at radius 3 is 2.14 bits per heavy atom. The number of carboxylic acid groups (broad SMARTS) is 1. The van der Waals surface area contributed by atoms with E-state index in [1.54, 1.807) is 42.1 Å². The summed E-state index contributed by atoms with van der Waals surface area (Å²) in [5.41, 5.74) is 3.20. The van der Waals surface area contributed by atoms with E-state index in [1.807, 2.05) is 49.4 Å². The van der Waals surface area contributed by atoms with Crippen LogP contribution in [0.4, 0.5) is 4.79 Å². The predicted molar refractivity (Wildman–Crippen MR) is 148 cm³/mol. The quantitative estimate of drug-likeness (QED) is 0.354. The predicted octanol–water partition coefficient (Wildman–Crippen LogP) is 5.38. The molecule has 7 heteroatoms. The van der Waals surface area contributed by atoms with Gasteiger partial charge in [0.15, 0.2) is 0 Å². The standard InChI is InChI=1S/C21H20N2O4.C8H12S/c1-2-14-23(21(27)22-15-19(24)25)20(26)18-12-10-17(11-13-18)9-8-16-6-4-3-5-7-16;1-4-6-8(5-2)7-9-3/h3-7,10-13H,2,14-15H2,1H3,(H,22,27)(H,24,25);4-6H,1-2,7H2,3H3/b;8-6+. The summed E-state index contributed by atoms with van der Waals surface area (Å²) in [5, 5.41) is 10.9. The van der Waals surface area contributed by atoms with Gasteiger partial charge in [-0.1, -0.05) is 68.3 Å². The summed E-state index contributed by atoms with van der Waals surface area (Å²) in [6, 6.07) is 15.4. The van der Waals surface area contributed by atoms with Gasteiger partial charge in [0.25, 0.3) is 5.91 Å². The number of carbonyl (C=O) groups is 3. The molecular formula is C29H32N2O4S. The highest BCUT2D eigenvalue weighted by molar-refractivity contribution is 7.98. The molecular weight excluding hydrogens is 472 g/mol. The number of hydrogen-bond acceptors (Lipinski definition) is 4. The molecule has 0 unspecified atom stereocenters. The lowest BCUT2D eigenvalue weighted by Crippen LogP contribution is -2.45. The van der Waals surface area contributed by atoms with Gasteiger partial charge in [-0.2, -0.15) is 11.8 Å². The number of aliphatic carboxylic acids is 1. The number of allylic oxidation sites excluding steroid dienone is 3. The number of carboxylic acids is 1. The zero-order chi connectivity index (χ0) is 26.8. The van der Waals surface area contributed by atoms with Crippen LogP contribution in [0.2, 0.25) is 0 Å². The summed E-state index contributed by atoms with van der Waals surface area (Å²) < 4.78 is 0. The van der Waals surface area contributed by atoms with Gasteiger partial charge in [0.2, 0.25) is 0 Å². The second-order valence-corrected chi connectivity index (χ2v) is 8.18. The number of amides is 3. The monoisotopic (exact) mass is 504 g/mol. The molecule has 188 valence electrons. The molecule has 0 fully saturated rings. The van der Waals surface area contributed by atoms with E-state index in [0.717, 1.165) is 21.8 Å². The fourth-order valence-electron chi connectivity index (χ4n) is 2.78. The van der Waals surface area contributed by atoms with Crippen LogP contribution in [-0.2, 0) is 4.79 Å². The Kier molecular flexibility index (Phi) is 14.5. The smallest absolute Gasteiger partial charge is 0.324 e. The molecule has 0 radical (unpaired) electrons. The summed E-state index contributed by atoms with van der Waals surface area (Å²) in [5.74, 6) is 5.42. The molecule has 2 rings (SSSR count). The van der Waals surface area contributed by atoms with Crippen LogP contribution in [-0.4, -0.2) is 53.0 Å². The second kappa shape index (κ2) is 17.4. The van der Waals surface area contributed by atoms with E-state index >= 15 is 0 Å². The van der Waals surface area contributed by atoms with Gasteiger partial charge in [-0.25, -0.2) is 4.79 Å². The first-order valence-electron chi connectivity index (χ1n) is 11.3. The van der Waals surface area contributed by atoms with E-state index in [0.29, 0.717) is 12.0 Å². The van der Waals surface area contributed by atoms with Gasteiger partial charge in [-0.15, -0.1) is 0 Å². The van der Waals surface area contributed by atoms with Crippen LogP contribution in [0.5, 0.6) is 0 Å². The van der Waals surface area contributed by atoms with Crippen molar-refractivity contribution in [1.82, 2.24) is 10.2 Å². The molecule has 0 bridgehead atoms. The molecule has 2 aromatic carbocycles. The molecule has 0 heterocycles. The number of urea groups is 1. The normalized spacial score (nSPS) is 10.0. The summed E-state index contributed by atoms with van der Waals surface area (Å²) in [6.45, 7) is 8.75. The number of benzene rings is 2. The average Bonchev–Trinajstić information content (AvgIpc) is 2.90. The van der Waals surface area contributed by atoms with Gasteiger partial charge in [0.1, 0.15) is 6.54 Å². The van der Waals surface area contributed by atoms with Gasteiger partial charge in [-0.05, 0) is 54.6 Å². The van der Waals surface area contributed by atoms with E-state index in [1.165, 1.54) is 5.57 Å². The van der Waals surface area contributed by atoms with Crippen molar-refractivity contribution >= 4 is 29.7 Å². The van der Waals surface area contributed by atoms with Crippen molar-refractivity contribution < 1.29 is 19.5 Å². The number of rotatable bonds is 9. The maximum Gasteiger partial charge on any atom is 0.324 e. The number of thioether (sulfide) groups is 1. The molecule has 0 spiro atoms. The van der Waals surface area contributed by atoms with Gasteiger partial charge >= 0.3 is 12.0 Å². The highest BCUT2D eigenvalue weighted by Crippen LogP contribution is 2.09. The third-order valence-corrected chi connectivity index (χ3v) is 5.11. The van der Waals surface area contributed by atoms with Gasteiger partial charge < -0.3 is 10.4 Å². The largest absolute Gasteiger partial charge is 0.480 e. The summed E-state index contributed by atoms with van der Waals surface area (Å²) in [6.07, 6.45) is 8.25. The minimum atomic E-state index is -1.17. The van der Waals surface area contributed by atoms with Gasteiger partial charge in [0.05, 0.1) is 0 Å². The zero-order valence-electron chi connectivity index (χ0n) is 20.7. The molecule has 0 aliphatic carbocycles. The molecule has 36 heavy (non-hydrogen) atoms. The Balaban J connectivity index is 0.000000613. The van der Waals surface area contributed by atoms with Crippen LogP contribution >= 0.6 is 11.8 Å². The first-order valence-corrected chi connectivity index (χ1v) is 12.7. The maximum atomic E-state index is 12.6. The van der Waals surface area contributed by atoms with E-state index in [-0.39, 0.29) is 6.54 Å². The summed E-state index contributed by atoms with van der Waals surface area (Å²) in [7, 11) is 0. The number of imide groups is 1. The topological polar surface area (TPSA) is 86.7 Å². The highest BCUT2D eigenvalue weighted by Gasteiger charge is 2.22. The molecule has 3 amide bonds. The molecule has 2 aromatic rings. The first-order chi connectivity index (χ1) is 17.4. The Labute approximate surface area is 217 Å². The SMILES string of the molecule is C=C/C=C(\C=C)CSC.CCCN(C(=O)NCC(=O)O)C(=O)c1ccc(C#Cc2ccccc2)cc1. The Bertz CT molecular complexity index is 1110. The Morgan fingerprint density at radius 2 is 1.64 bits per heavy atom. The number of carbonyl (C=O) groups excluding carboxylic acids is 2. The van der Waals surface area contributed by atoms with Crippen molar-refractivity contribution in [2.24, 2.45) is 0 Å². The lowest BCUT2D eigenvalue weighted by Gasteiger charge is -2.20. The van der Waals surface area contributed by atoms with Crippen molar-refractivity contribution in [3.05, 3.63) is 108 Å². The Morgan fingerprint density at radius 1 is 1.03 bits per heavy atom. The number of nitrogens with one attached hydrogen (secondary N) is 1. The molecule has 0 aliphatic heterocycles. The lowest BCUT2D eigenvalue weighted by atomic mass is 10.1. The van der Waals surface area contributed by atoms with E-state index < -0.39 is 24.5 Å². The van der Waals surface area contributed by atoms with Crippen molar-refractivity contribution in [1.29, 1.82) is 0 Å². The van der Waals surface area contributed by atoms with Crippen LogP contribution in [0.15, 0.2) is 91.6 Å². The van der Waals surface area contributed by atoms with Crippen molar-refractivity contribution in [3.63, 3.8) is 0 Å². The van der Waals surface area contributed by atoms with Crippen LogP contribution in [0.25, 0.3) is 0 Å². The summed E-state index contributed by atoms with van der Waals surface area (Å²) >= 11 is 1.79. The minimum absolute atomic E-state index is 0.194. The Hall–Kier alpha value is -4.02. The fraction of sp³-hybridized carbons (Fsp3) is 0.207. The van der Waals surface area contributed by atoms with Crippen LogP contribution in [0.3, 0.4) is 0 Å². The third kappa shape index (κ3) is 11.4. The van der Waals surface area contributed by atoms with Crippen LogP contribution < -0.4 is 5.32 Å². The molecule has 0 atom stereocenters. The maximum absolute atomic E-state index is 12.6. The van der Waals surface area contributed by atoms with Crippen LogP contribution in [0, 0.1) is 11.8 Å². The van der Waals surface area contributed by atoms with Crippen molar-refractivity contribution in [2.45, 2.75) is 13.3 Å². The van der Waals surface area contributed by atoms with E-state index in [9.17, 15) is 14.4 Å². The molecule has 2 N–H and O–H groups in total. The zero-order valence-corrected chi connectivity index (χ0v) is 21.5. The molecule has 0 aromatic heterocycles.